The average molecular weight is 313 g/mol. The van der Waals surface area contributed by atoms with Gasteiger partial charge in [-0.2, -0.15) is 0 Å². The van der Waals surface area contributed by atoms with Gasteiger partial charge in [-0.25, -0.2) is 0 Å². The molecule has 0 radical (unpaired) electrons. The highest BCUT2D eigenvalue weighted by Gasteiger charge is 2.25. The maximum atomic E-state index is 9.90. The summed E-state index contributed by atoms with van der Waals surface area (Å²) in [5, 5.41) is 9.90. The van der Waals surface area contributed by atoms with Gasteiger partial charge < -0.3 is 10.8 Å². The number of nitrogens with zero attached hydrogens (tertiary/aromatic N) is 1. The highest BCUT2D eigenvalue weighted by molar-refractivity contribution is 9.10. The molecular weight excluding hydrogens is 292 g/mol. The Balaban J connectivity index is 2.09. The van der Waals surface area contributed by atoms with Gasteiger partial charge in [0.15, 0.2) is 0 Å². The highest BCUT2D eigenvalue weighted by Crippen LogP contribution is 2.27. The Bertz CT molecular complexity index is 411. The Morgan fingerprint density at radius 2 is 2.22 bits per heavy atom. The number of hydrogen-bond acceptors (Lipinski definition) is 3. The molecule has 1 aliphatic rings. The second-order valence-electron chi connectivity index (χ2n) is 5.23. The molecule has 1 heterocycles. The van der Waals surface area contributed by atoms with Gasteiger partial charge in [-0.05, 0) is 50.4 Å². The van der Waals surface area contributed by atoms with E-state index in [-0.39, 0.29) is 0 Å². The molecule has 1 aromatic rings. The van der Waals surface area contributed by atoms with Gasteiger partial charge in [0, 0.05) is 29.2 Å². The van der Waals surface area contributed by atoms with E-state index in [9.17, 15) is 5.11 Å². The molecule has 1 saturated heterocycles. The summed E-state index contributed by atoms with van der Waals surface area (Å²) in [6, 6.07) is 6.16. The summed E-state index contributed by atoms with van der Waals surface area (Å²) in [6.45, 7) is 4.84. The molecule has 1 aromatic carbocycles. The molecule has 1 aliphatic heterocycles. The number of benzene rings is 1. The van der Waals surface area contributed by atoms with Crippen molar-refractivity contribution in [2.75, 3.05) is 13.1 Å². The molecule has 3 N–H and O–H groups in total. The lowest BCUT2D eigenvalue weighted by atomic mass is 9.93. The lowest BCUT2D eigenvalue weighted by Gasteiger charge is -2.37. The first-order valence-electron chi connectivity index (χ1n) is 6.51. The zero-order valence-corrected chi connectivity index (χ0v) is 12.4. The SMILES string of the molecule is CC1CCC(CN)CN1Cc1cc(Br)ccc1O. The van der Waals surface area contributed by atoms with Crippen molar-refractivity contribution in [2.24, 2.45) is 11.7 Å². The van der Waals surface area contributed by atoms with Gasteiger partial charge in [-0.15, -0.1) is 0 Å². The van der Waals surface area contributed by atoms with E-state index in [1.807, 2.05) is 12.1 Å². The van der Waals surface area contributed by atoms with Crippen LogP contribution in [0, 0.1) is 5.92 Å². The predicted octanol–water partition coefficient (Wildman–Crippen LogP) is 2.71. The monoisotopic (exact) mass is 312 g/mol. The first-order chi connectivity index (χ1) is 8.60. The molecule has 100 valence electrons. The third-order valence-electron chi connectivity index (χ3n) is 3.86. The van der Waals surface area contributed by atoms with E-state index < -0.39 is 0 Å². The maximum Gasteiger partial charge on any atom is 0.120 e. The summed E-state index contributed by atoms with van der Waals surface area (Å²) in [4.78, 5) is 2.42. The number of aromatic hydroxyl groups is 1. The summed E-state index contributed by atoms with van der Waals surface area (Å²) in [5.74, 6) is 0.968. The first kappa shape index (κ1) is 13.8. The molecule has 18 heavy (non-hydrogen) atoms. The van der Waals surface area contributed by atoms with Crippen molar-refractivity contribution in [2.45, 2.75) is 32.4 Å². The number of phenols is 1. The number of nitrogens with two attached hydrogens (primary N) is 1. The van der Waals surface area contributed by atoms with Gasteiger partial charge in [0.05, 0.1) is 0 Å². The van der Waals surface area contributed by atoms with Crippen molar-refractivity contribution in [3.63, 3.8) is 0 Å². The molecule has 0 bridgehead atoms. The summed E-state index contributed by atoms with van der Waals surface area (Å²) in [5.41, 5.74) is 6.76. The molecule has 4 heteroatoms. The van der Waals surface area contributed by atoms with Gasteiger partial charge in [-0.1, -0.05) is 15.9 Å². The molecule has 2 rings (SSSR count). The Hall–Kier alpha value is -0.580. The third-order valence-corrected chi connectivity index (χ3v) is 4.35. The van der Waals surface area contributed by atoms with Crippen LogP contribution in [0.2, 0.25) is 0 Å². The Labute approximate surface area is 117 Å². The molecule has 2 atom stereocenters. The van der Waals surface area contributed by atoms with E-state index in [4.69, 9.17) is 5.73 Å². The fourth-order valence-corrected chi connectivity index (χ4v) is 2.98. The van der Waals surface area contributed by atoms with Crippen molar-refractivity contribution in [1.82, 2.24) is 4.90 Å². The molecule has 0 aromatic heterocycles. The van der Waals surface area contributed by atoms with Gasteiger partial charge in [0.1, 0.15) is 5.75 Å². The minimum atomic E-state index is 0.375. The van der Waals surface area contributed by atoms with Gasteiger partial charge >= 0.3 is 0 Å². The molecule has 0 saturated carbocycles. The van der Waals surface area contributed by atoms with Crippen LogP contribution >= 0.6 is 15.9 Å². The summed E-state index contributed by atoms with van der Waals surface area (Å²) < 4.78 is 1.01. The van der Waals surface area contributed by atoms with E-state index >= 15 is 0 Å². The van der Waals surface area contributed by atoms with Crippen LogP contribution in [0.15, 0.2) is 22.7 Å². The predicted molar refractivity (Wildman–Crippen MR) is 77.5 cm³/mol. The van der Waals surface area contributed by atoms with Crippen LogP contribution in [-0.2, 0) is 6.54 Å². The van der Waals surface area contributed by atoms with Crippen molar-refractivity contribution < 1.29 is 5.11 Å². The molecule has 0 amide bonds. The molecule has 2 unspecified atom stereocenters. The minimum Gasteiger partial charge on any atom is -0.508 e. The van der Waals surface area contributed by atoms with E-state index in [1.54, 1.807) is 6.07 Å². The van der Waals surface area contributed by atoms with E-state index in [0.29, 0.717) is 17.7 Å². The van der Waals surface area contributed by atoms with E-state index in [2.05, 4.69) is 27.8 Å². The highest BCUT2D eigenvalue weighted by atomic mass is 79.9. The third kappa shape index (κ3) is 3.25. The molecule has 1 fully saturated rings. The fraction of sp³-hybridized carbons (Fsp3) is 0.571. The Morgan fingerprint density at radius 3 is 2.94 bits per heavy atom. The van der Waals surface area contributed by atoms with Crippen LogP contribution < -0.4 is 5.73 Å². The lowest BCUT2D eigenvalue weighted by molar-refractivity contribution is 0.112. The number of phenolic OH excluding ortho intramolecular Hbond substituents is 1. The second-order valence-corrected chi connectivity index (χ2v) is 6.15. The fourth-order valence-electron chi connectivity index (χ4n) is 2.57. The average Bonchev–Trinajstić information content (AvgIpc) is 2.36. The van der Waals surface area contributed by atoms with Crippen LogP contribution in [0.1, 0.15) is 25.3 Å². The van der Waals surface area contributed by atoms with E-state index in [1.165, 1.54) is 12.8 Å². The Morgan fingerprint density at radius 1 is 1.44 bits per heavy atom. The number of hydrogen-bond donors (Lipinski definition) is 2. The minimum absolute atomic E-state index is 0.375. The van der Waals surface area contributed by atoms with Crippen LogP contribution in [0.3, 0.4) is 0 Å². The number of halogens is 1. The number of piperidine rings is 1. The summed E-state index contributed by atoms with van der Waals surface area (Å²) >= 11 is 3.45. The van der Waals surface area contributed by atoms with Crippen molar-refractivity contribution in [1.29, 1.82) is 0 Å². The quantitative estimate of drug-likeness (QED) is 0.902. The second kappa shape index (κ2) is 6.04. The molecule has 0 aliphatic carbocycles. The Kier molecular flexibility index (Phi) is 4.65. The topological polar surface area (TPSA) is 49.5 Å². The normalized spacial score (nSPS) is 25.3. The van der Waals surface area contributed by atoms with Crippen molar-refractivity contribution in [3.8, 4) is 5.75 Å². The molecule has 3 nitrogen and oxygen atoms in total. The molecule has 0 spiro atoms. The van der Waals surface area contributed by atoms with Gasteiger partial charge in [-0.3, -0.25) is 4.90 Å². The maximum absolute atomic E-state index is 9.90. The van der Waals surface area contributed by atoms with Crippen LogP contribution in [0.5, 0.6) is 5.75 Å². The van der Waals surface area contributed by atoms with Crippen LogP contribution in [0.25, 0.3) is 0 Å². The van der Waals surface area contributed by atoms with Crippen molar-refractivity contribution >= 4 is 15.9 Å². The van der Waals surface area contributed by atoms with E-state index in [0.717, 1.165) is 29.7 Å². The standard InChI is InChI=1S/C14H21BrN2O/c1-10-2-3-11(7-16)8-17(10)9-12-6-13(15)4-5-14(12)18/h4-6,10-11,18H,2-3,7-9,16H2,1H3. The van der Waals surface area contributed by atoms with Crippen molar-refractivity contribution in [3.05, 3.63) is 28.2 Å². The van der Waals surface area contributed by atoms with Gasteiger partial charge in [0.25, 0.3) is 0 Å². The van der Waals surface area contributed by atoms with Crippen LogP contribution in [0.4, 0.5) is 0 Å². The molecular formula is C14H21BrN2O. The zero-order chi connectivity index (χ0) is 13.1. The lowest BCUT2D eigenvalue weighted by Crippen LogP contribution is -2.43. The summed E-state index contributed by atoms with van der Waals surface area (Å²) in [7, 11) is 0. The number of likely N-dealkylation sites (tertiary alicyclic amines) is 1. The largest absolute Gasteiger partial charge is 0.508 e. The van der Waals surface area contributed by atoms with Crippen LogP contribution in [-0.4, -0.2) is 29.1 Å². The first-order valence-corrected chi connectivity index (χ1v) is 7.31. The zero-order valence-electron chi connectivity index (χ0n) is 10.8. The smallest absolute Gasteiger partial charge is 0.120 e. The summed E-state index contributed by atoms with van der Waals surface area (Å²) in [6.07, 6.45) is 2.41. The number of rotatable bonds is 3. The van der Waals surface area contributed by atoms with Gasteiger partial charge in [0.2, 0.25) is 0 Å².